The third-order valence-electron chi connectivity index (χ3n) is 4.23. The zero-order valence-electron chi connectivity index (χ0n) is 16.7. The van der Waals surface area contributed by atoms with E-state index in [0.29, 0.717) is 6.54 Å². The fourth-order valence-electron chi connectivity index (χ4n) is 2.64. The highest BCUT2D eigenvalue weighted by atomic mass is 16.5. The van der Waals surface area contributed by atoms with Crippen molar-refractivity contribution in [1.29, 1.82) is 0 Å². The number of hydrogen-bond acceptors (Lipinski definition) is 3. The molecule has 1 aromatic carbocycles. The number of urea groups is 1. The number of nitrogens with zero attached hydrogens (tertiary/aromatic N) is 1. The second-order valence-electron chi connectivity index (χ2n) is 7.35. The first-order valence-electron chi connectivity index (χ1n) is 9.25. The number of ether oxygens (including phenoxy) is 1. The number of carbonyl (C=O) groups excluding carboxylic acids is 1. The first kappa shape index (κ1) is 21.3. The van der Waals surface area contributed by atoms with Crippen LogP contribution in [0.4, 0.5) is 4.79 Å². The molecule has 0 saturated heterocycles. The summed E-state index contributed by atoms with van der Waals surface area (Å²) < 4.78 is 5.79. The highest BCUT2D eigenvalue weighted by Gasteiger charge is 2.19. The van der Waals surface area contributed by atoms with Crippen molar-refractivity contribution in [1.82, 2.24) is 15.5 Å². The minimum atomic E-state index is -0.191. The van der Waals surface area contributed by atoms with E-state index in [1.54, 1.807) is 0 Å². The van der Waals surface area contributed by atoms with Crippen LogP contribution >= 0.6 is 0 Å². The van der Waals surface area contributed by atoms with Crippen LogP contribution in [0.25, 0.3) is 0 Å². The lowest BCUT2D eigenvalue weighted by molar-refractivity contribution is 0.222. The van der Waals surface area contributed by atoms with Crippen LogP contribution in [-0.4, -0.2) is 43.8 Å². The van der Waals surface area contributed by atoms with Crippen LogP contribution in [0, 0.1) is 6.92 Å². The molecule has 0 atom stereocenters. The molecule has 2 amide bonds. The second-order valence-corrected chi connectivity index (χ2v) is 7.35. The Bertz CT molecular complexity index is 534. The minimum Gasteiger partial charge on any atom is -0.473 e. The van der Waals surface area contributed by atoms with E-state index >= 15 is 0 Å². The molecule has 0 heterocycles. The fraction of sp³-hybridized carbons (Fsp3) is 0.650. The van der Waals surface area contributed by atoms with Gasteiger partial charge in [-0.3, -0.25) is 0 Å². The van der Waals surface area contributed by atoms with E-state index in [1.165, 1.54) is 5.56 Å². The smallest absolute Gasteiger partial charge is 0.317 e. The molecule has 0 aliphatic heterocycles. The van der Waals surface area contributed by atoms with Crippen LogP contribution in [-0.2, 0) is 5.41 Å². The van der Waals surface area contributed by atoms with Gasteiger partial charge in [-0.15, -0.1) is 0 Å². The molecule has 0 aromatic heterocycles. The van der Waals surface area contributed by atoms with Crippen LogP contribution in [0.15, 0.2) is 18.2 Å². The number of rotatable bonds is 9. The maximum absolute atomic E-state index is 11.8. The highest BCUT2D eigenvalue weighted by molar-refractivity contribution is 5.73. The quantitative estimate of drug-likeness (QED) is 0.528. The number of amides is 2. The number of hydrogen-bond donors (Lipinski definition) is 2. The first-order chi connectivity index (χ1) is 11.8. The molecule has 0 unspecified atom stereocenters. The number of benzene rings is 1. The number of carbonyl (C=O) groups is 1. The van der Waals surface area contributed by atoms with Crippen molar-refractivity contribution in [2.75, 3.05) is 32.9 Å². The minimum absolute atomic E-state index is 0.00591. The topological polar surface area (TPSA) is 53.6 Å². The first-order valence-corrected chi connectivity index (χ1v) is 9.25. The van der Waals surface area contributed by atoms with Crippen molar-refractivity contribution >= 4 is 6.03 Å². The summed E-state index contributed by atoms with van der Waals surface area (Å²) in [6.45, 7) is 16.8. The van der Waals surface area contributed by atoms with E-state index < -0.39 is 0 Å². The molecular formula is C20H35N3O2. The molecule has 0 spiro atoms. The van der Waals surface area contributed by atoms with Crippen molar-refractivity contribution in [2.45, 2.75) is 53.4 Å². The van der Waals surface area contributed by atoms with Gasteiger partial charge in [-0.2, -0.15) is 0 Å². The third kappa shape index (κ3) is 7.78. The normalized spacial score (nSPS) is 11.5. The van der Waals surface area contributed by atoms with Gasteiger partial charge in [0.15, 0.2) is 6.73 Å². The molecule has 0 radical (unpaired) electrons. The molecule has 1 rings (SSSR count). The van der Waals surface area contributed by atoms with Gasteiger partial charge in [0.05, 0.1) is 0 Å². The van der Waals surface area contributed by atoms with Gasteiger partial charge in [0, 0.05) is 6.54 Å². The summed E-state index contributed by atoms with van der Waals surface area (Å²) >= 11 is 0. The Hall–Kier alpha value is -1.75. The monoisotopic (exact) mass is 349 g/mol. The zero-order valence-corrected chi connectivity index (χ0v) is 16.7. The van der Waals surface area contributed by atoms with Gasteiger partial charge in [0.25, 0.3) is 0 Å². The summed E-state index contributed by atoms with van der Waals surface area (Å²) in [5.41, 5.74) is 2.35. The lowest BCUT2D eigenvalue weighted by Gasteiger charge is -2.23. The highest BCUT2D eigenvalue weighted by Crippen LogP contribution is 2.31. The largest absolute Gasteiger partial charge is 0.473 e. The van der Waals surface area contributed by atoms with E-state index in [2.05, 4.69) is 63.1 Å². The molecule has 2 N–H and O–H groups in total. The van der Waals surface area contributed by atoms with Gasteiger partial charge in [-0.25, -0.2) is 4.79 Å². The Morgan fingerprint density at radius 1 is 1.16 bits per heavy atom. The van der Waals surface area contributed by atoms with E-state index in [-0.39, 0.29) is 18.2 Å². The summed E-state index contributed by atoms with van der Waals surface area (Å²) in [5, 5.41) is 5.62. The third-order valence-corrected chi connectivity index (χ3v) is 4.23. The average molecular weight is 350 g/mol. The molecule has 1 aromatic rings. The Morgan fingerprint density at radius 2 is 1.84 bits per heavy atom. The van der Waals surface area contributed by atoms with Crippen molar-refractivity contribution in [3.8, 4) is 5.75 Å². The predicted octanol–water partition coefficient (Wildman–Crippen LogP) is 3.66. The molecule has 0 aliphatic carbocycles. The SMILES string of the molecule is CCN(CC)CCCNC(=O)NCOc1ccc(C)cc1C(C)(C)C. The van der Waals surface area contributed by atoms with Crippen LogP contribution in [0.5, 0.6) is 5.75 Å². The van der Waals surface area contributed by atoms with E-state index in [9.17, 15) is 4.79 Å². The summed E-state index contributed by atoms with van der Waals surface area (Å²) in [6, 6.07) is 5.95. The Labute approximate surface area is 153 Å². The second kappa shape index (κ2) is 10.3. The van der Waals surface area contributed by atoms with Gasteiger partial charge in [0.1, 0.15) is 5.75 Å². The Kier molecular flexibility index (Phi) is 8.76. The van der Waals surface area contributed by atoms with Gasteiger partial charge in [-0.05, 0) is 50.0 Å². The average Bonchev–Trinajstić information content (AvgIpc) is 2.55. The summed E-state index contributed by atoms with van der Waals surface area (Å²) in [4.78, 5) is 14.2. The van der Waals surface area contributed by atoms with Crippen molar-refractivity contribution in [2.24, 2.45) is 0 Å². The van der Waals surface area contributed by atoms with Crippen LogP contribution in [0.1, 0.15) is 52.2 Å². The Morgan fingerprint density at radius 3 is 2.44 bits per heavy atom. The summed E-state index contributed by atoms with van der Waals surface area (Å²) in [7, 11) is 0. The van der Waals surface area contributed by atoms with Crippen molar-refractivity contribution in [3.05, 3.63) is 29.3 Å². The van der Waals surface area contributed by atoms with E-state index in [1.807, 2.05) is 12.1 Å². The molecule has 0 saturated carbocycles. The molecule has 5 nitrogen and oxygen atoms in total. The van der Waals surface area contributed by atoms with Crippen LogP contribution in [0.2, 0.25) is 0 Å². The van der Waals surface area contributed by atoms with E-state index in [4.69, 9.17) is 4.74 Å². The zero-order chi connectivity index (χ0) is 18.9. The predicted molar refractivity (Wildman–Crippen MR) is 104 cm³/mol. The molecule has 25 heavy (non-hydrogen) atoms. The Balaban J connectivity index is 2.37. The molecule has 0 fully saturated rings. The molecular weight excluding hydrogens is 314 g/mol. The molecule has 142 valence electrons. The van der Waals surface area contributed by atoms with Gasteiger partial charge in [-0.1, -0.05) is 52.3 Å². The van der Waals surface area contributed by atoms with Crippen LogP contribution in [0.3, 0.4) is 0 Å². The number of aryl methyl sites for hydroxylation is 1. The van der Waals surface area contributed by atoms with Crippen molar-refractivity contribution in [3.63, 3.8) is 0 Å². The summed E-state index contributed by atoms with van der Waals surface area (Å²) in [5.74, 6) is 0.819. The van der Waals surface area contributed by atoms with Crippen LogP contribution < -0.4 is 15.4 Å². The fourth-order valence-corrected chi connectivity index (χ4v) is 2.64. The molecule has 5 heteroatoms. The van der Waals surface area contributed by atoms with Crippen molar-refractivity contribution < 1.29 is 9.53 Å². The lowest BCUT2D eigenvalue weighted by atomic mass is 9.85. The lowest BCUT2D eigenvalue weighted by Crippen LogP contribution is -2.39. The maximum Gasteiger partial charge on any atom is 0.317 e. The van der Waals surface area contributed by atoms with Gasteiger partial charge >= 0.3 is 6.03 Å². The molecule has 0 bridgehead atoms. The van der Waals surface area contributed by atoms with Gasteiger partial charge in [0.2, 0.25) is 0 Å². The van der Waals surface area contributed by atoms with Gasteiger partial charge < -0.3 is 20.3 Å². The standard InChI is InChI=1S/C20H35N3O2/c1-7-23(8-2)13-9-12-21-19(24)22-15-25-18-11-10-16(3)14-17(18)20(4,5)6/h10-11,14H,7-9,12-13,15H2,1-6H3,(H2,21,22,24). The maximum atomic E-state index is 11.8. The molecule has 0 aliphatic rings. The number of nitrogens with one attached hydrogen (secondary N) is 2. The summed E-state index contributed by atoms with van der Waals surface area (Å²) in [6.07, 6.45) is 0.947. The van der Waals surface area contributed by atoms with E-state index in [0.717, 1.165) is 37.4 Å².